The first-order chi connectivity index (χ1) is 23.7. The average molecular weight is 711 g/mol. The molecule has 2 aliphatic rings. The average Bonchev–Trinajstić information content (AvgIpc) is 3.42. The molecular weight excluding hydrogens is 690 g/mol. The Morgan fingerprint density at radius 1 is 0.549 bits per heavy atom. The normalized spacial score (nSPS) is 14.7. The van der Waals surface area contributed by atoms with E-state index in [9.17, 15) is 65.3 Å². The fraction of sp³-hybridized carbons (Fsp3) is 0.143. The number of amides is 4. The van der Waals surface area contributed by atoms with Crippen molar-refractivity contribution in [2.45, 2.75) is 24.7 Å². The lowest BCUT2D eigenvalue weighted by molar-refractivity contribution is -0.288. The molecule has 6 rings (SSSR count). The third kappa shape index (κ3) is 4.96. The van der Waals surface area contributed by atoms with Crippen molar-refractivity contribution in [3.8, 4) is 11.1 Å². The van der Waals surface area contributed by atoms with E-state index in [-0.39, 0.29) is 22.8 Å². The van der Waals surface area contributed by atoms with Gasteiger partial charge in [0.2, 0.25) is 5.41 Å². The van der Waals surface area contributed by atoms with Crippen molar-refractivity contribution >= 4 is 41.3 Å². The number of benzene rings is 4. The van der Waals surface area contributed by atoms with Gasteiger partial charge >= 0.3 is 24.3 Å². The van der Waals surface area contributed by atoms with E-state index < -0.39 is 98.0 Å². The molecule has 4 amide bonds. The molecule has 0 radical (unpaired) electrons. The number of nitrogens with zero attached hydrogens (tertiary/aromatic N) is 2. The van der Waals surface area contributed by atoms with E-state index in [1.165, 1.54) is 18.2 Å². The number of halogens is 6. The van der Waals surface area contributed by atoms with Crippen LogP contribution >= 0.6 is 0 Å². The number of carboxylic acids is 2. The highest BCUT2D eigenvalue weighted by atomic mass is 19.4. The number of hydrogen-bond acceptors (Lipinski definition) is 6. The van der Waals surface area contributed by atoms with Gasteiger partial charge in [-0.15, -0.1) is 0 Å². The van der Waals surface area contributed by atoms with Crippen LogP contribution in [0.15, 0.2) is 72.8 Å². The van der Waals surface area contributed by atoms with Crippen molar-refractivity contribution in [3.63, 3.8) is 0 Å². The predicted molar refractivity (Wildman–Crippen MR) is 164 cm³/mol. The first kappa shape index (κ1) is 34.5. The summed E-state index contributed by atoms with van der Waals surface area (Å²) in [5.74, 6) is -7.63. The molecule has 2 heterocycles. The molecule has 0 aromatic heterocycles. The topological polar surface area (TPSA) is 149 Å². The molecule has 0 bridgehead atoms. The molecule has 0 spiro atoms. The highest BCUT2D eigenvalue weighted by molar-refractivity contribution is 6.34. The molecule has 0 atom stereocenters. The molecule has 16 heteroatoms. The Labute approximate surface area is 282 Å². The first-order valence-electron chi connectivity index (χ1n) is 14.6. The first-order valence-corrected chi connectivity index (χ1v) is 14.6. The number of aryl methyl sites for hydroxylation is 1. The number of carbonyl (C=O) groups excluding carboxylic acids is 4. The van der Waals surface area contributed by atoms with Crippen molar-refractivity contribution in [2.24, 2.45) is 0 Å². The number of aromatic carboxylic acids is 2. The molecule has 260 valence electrons. The van der Waals surface area contributed by atoms with Crippen LogP contribution in [0, 0.1) is 6.92 Å². The minimum Gasteiger partial charge on any atom is -0.478 e. The molecular formula is C35H20F6N2O8. The molecule has 51 heavy (non-hydrogen) atoms. The van der Waals surface area contributed by atoms with Gasteiger partial charge in [0.25, 0.3) is 23.6 Å². The Balaban J connectivity index is 1.49. The van der Waals surface area contributed by atoms with E-state index >= 15 is 0 Å². The zero-order chi connectivity index (χ0) is 37.5. The molecule has 10 nitrogen and oxygen atoms in total. The quantitative estimate of drug-likeness (QED) is 0.170. The van der Waals surface area contributed by atoms with Crippen LogP contribution < -0.4 is 4.90 Å². The van der Waals surface area contributed by atoms with E-state index in [4.69, 9.17) is 0 Å². The van der Waals surface area contributed by atoms with Gasteiger partial charge < -0.3 is 10.2 Å². The second kappa shape index (κ2) is 11.4. The van der Waals surface area contributed by atoms with Crippen LogP contribution in [0.2, 0.25) is 0 Å². The maximum Gasteiger partial charge on any atom is 0.411 e. The predicted octanol–water partition coefficient (Wildman–Crippen LogP) is 6.50. The molecule has 0 saturated heterocycles. The molecule has 4 aromatic rings. The van der Waals surface area contributed by atoms with E-state index in [2.05, 4.69) is 0 Å². The molecule has 4 aromatic carbocycles. The Hall–Kier alpha value is -6.32. The van der Waals surface area contributed by atoms with Crippen LogP contribution in [-0.4, -0.2) is 70.1 Å². The minimum absolute atomic E-state index is 0.0241. The summed E-state index contributed by atoms with van der Waals surface area (Å²) in [4.78, 5) is 77.0. The van der Waals surface area contributed by atoms with Gasteiger partial charge in [0, 0.05) is 7.05 Å². The summed E-state index contributed by atoms with van der Waals surface area (Å²) < 4.78 is 89.8. The van der Waals surface area contributed by atoms with Gasteiger partial charge in [-0.2, -0.15) is 26.3 Å². The number of hydrogen-bond donors (Lipinski definition) is 2. The smallest absolute Gasteiger partial charge is 0.411 e. The maximum absolute atomic E-state index is 15.0. The monoisotopic (exact) mass is 710 g/mol. The molecule has 0 fully saturated rings. The summed E-state index contributed by atoms with van der Waals surface area (Å²) in [6, 6.07) is 9.84. The van der Waals surface area contributed by atoms with Crippen molar-refractivity contribution in [1.82, 2.24) is 4.90 Å². The second-order valence-electron chi connectivity index (χ2n) is 11.8. The fourth-order valence-corrected chi connectivity index (χ4v) is 6.44. The van der Waals surface area contributed by atoms with E-state index in [0.29, 0.717) is 45.7 Å². The standard InChI is InChI=1S/C35H20F6N2O8/c1-15-3-7-19(25(11-15)31(48)49)20-10-6-18(14-26(20)32(50)51)43-29(46)22-9-5-17(13-24(22)30(43)47)33(34(36,37)38,35(39,40)41)16-4-8-21-23(12-16)28(45)42(2)27(21)44/h3-14H,1-2H3,(H,48,49)(H,50,51). The number of carbonyl (C=O) groups is 6. The van der Waals surface area contributed by atoms with Gasteiger partial charge in [0.05, 0.1) is 39.1 Å². The van der Waals surface area contributed by atoms with Crippen molar-refractivity contribution in [2.75, 3.05) is 11.9 Å². The lowest BCUT2D eigenvalue weighted by atomic mass is 9.71. The molecule has 0 unspecified atom stereocenters. The molecule has 2 aliphatic heterocycles. The number of imide groups is 2. The number of carboxylic acid groups (broad SMARTS) is 2. The van der Waals surface area contributed by atoms with Crippen LogP contribution in [0.5, 0.6) is 0 Å². The second-order valence-corrected chi connectivity index (χ2v) is 11.8. The van der Waals surface area contributed by atoms with Crippen molar-refractivity contribution in [1.29, 1.82) is 0 Å². The largest absolute Gasteiger partial charge is 0.478 e. The number of alkyl halides is 6. The number of anilines is 1. The lowest BCUT2D eigenvalue weighted by Crippen LogP contribution is -2.55. The summed E-state index contributed by atoms with van der Waals surface area (Å²) in [5.41, 5.74) is -11.3. The van der Waals surface area contributed by atoms with Gasteiger partial charge in [-0.3, -0.25) is 24.1 Å². The van der Waals surface area contributed by atoms with E-state index in [1.54, 1.807) is 6.92 Å². The maximum atomic E-state index is 15.0. The highest BCUT2D eigenvalue weighted by Gasteiger charge is 2.73. The van der Waals surface area contributed by atoms with Gasteiger partial charge in [-0.05, 0) is 71.6 Å². The number of fused-ring (bicyclic) bond motifs is 2. The van der Waals surface area contributed by atoms with Gasteiger partial charge in [-0.25, -0.2) is 14.5 Å². The third-order valence-corrected chi connectivity index (χ3v) is 8.88. The molecule has 2 N–H and O–H groups in total. The Morgan fingerprint density at radius 3 is 1.47 bits per heavy atom. The van der Waals surface area contributed by atoms with Crippen LogP contribution in [0.4, 0.5) is 32.0 Å². The minimum atomic E-state index is -6.16. The van der Waals surface area contributed by atoms with Crippen LogP contribution in [-0.2, 0) is 5.41 Å². The zero-order valence-corrected chi connectivity index (χ0v) is 25.9. The Kier molecular flexibility index (Phi) is 7.70. The van der Waals surface area contributed by atoms with Gasteiger partial charge in [0.15, 0.2) is 0 Å². The zero-order valence-electron chi connectivity index (χ0n) is 25.9. The summed E-state index contributed by atoms with van der Waals surface area (Å²) in [7, 11) is 1.00. The Bertz CT molecular complexity index is 2260. The van der Waals surface area contributed by atoms with Crippen molar-refractivity contribution in [3.05, 3.63) is 123 Å². The van der Waals surface area contributed by atoms with Crippen molar-refractivity contribution < 1.29 is 65.3 Å². The highest BCUT2D eigenvalue weighted by Crippen LogP contribution is 2.57. The summed E-state index contributed by atoms with van der Waals surface area (Å²) in [6.45, 7) is 1.60. The van der Waals surface area contributed by atoms with E-state index in [1.807, 2.05) is 0 Å². The summed E-state index contributed by atoms with van der Waals surface area (Å²) in [6.07, 6.45) is -12.3. The summed E-state index contributed by atoms with van der Waals surface area (Å²) in [5, 5.41) is 19.7. The van der Waals surface area contributed by atoms with Gasteiger partial charge in [0.1, 0.15) is 0 Å². The molecule has 0 saturated carbocycles. The number of rotatable bonds is 6. The summed E-state index contributed by atoms with van der Waals surface area (Å²) >= 11 is 0. The SMILES string of the molecule is Cc1ccc(-c2ccc(N3C(=O)c4ccc(C(c5ccc6c(c5)C(=O)N(C)C6=O)(C(F)(F)F)C(F)(F)F)cc4C3=O)cc2C(=O)O)c(C(=O)O)c1. The van der Waals surface area contributed by atoms with Crippen LogP contribution in [0.3, 0.4) is 0 Å². The Morgan fingerprint density at radius 2 is 0.961 bits per heavy atom. The molecule has 0 aliphatic carbocycles. The van der Waals surface area contributed by atoms with Gasteiger partial charge in [-0.1, -0.05) is 35.9 Å². The third-order valence-electron chi connectivity index (χ3n) is 8.88. The fourth-order valence-electron chi connectivity index (χ4n) is 6.44. The van der Waals surface area contributed by atoms with E-state index in [0.717, 1.165) is 25.2 Å². The van der Waals surface area contributed by atoms with Crippen LogP contribution in [0.25, 0.3) is 11.1 Å². The lowest BCUT2D eigenvalue weighted by Gasteiger charge is -2.38. The van der Waals surface area contributed by atoms with Crippen LogP contribution in [0.1, 0.15) is 78.8 Å².